The first-order valence-electron chi connectivity index (χ1n) is 7.22. The number of hydrogen-bond donors (Lipinski definition) is 2. The minimum atomic E-state index is -0.185. The molecule has 1 aliphatic carbocycles. The summed E-state index contributed by atoms with van der Waals surface area (Å²) in [6, 6.07) is 0.623. The number of primary amides is 1. The van der Waals surface area contributed by atoms with E-state index < -0.39 is 0 Å². The van der Waals surface area contributed by atoms with Gasteiger partial charge in [0.15, 0.2) is 0 Å². The van der Waals surface area contributed by atoms with Crippen molar-refractivity contribution in [2.24, 2.45) is 16.6 Å². The number of amides is 1. The van der Waals surface area contributed by atoms with Crippen LogP contribution in [0.4, 0.5) is 0 Å². The number of rotatable bonds is 6. The Bertz CT molecular complexity index is 268. The SMILES string of the molecule is CC1(C)CC(NCCCCC(N)=O)CC(C)(C)C1. The van der Waals surface area contributed by atoms with Crippen molar-refractivity contribution in [2.75, 3.05) is 6.54 Å². The van der Waals surface area contributed by atoms with Crippen LogP contribution in [0.25, 0.3) is 0 Å². The molecule has 0 aromatic rings. The molecule has 3 heteroatoms. The molecule has 0 unspecified atom stereocenters. The van der Waals surface area contributed by atoms with E-state index in [1.165, 1.54) is 19.3 Å². The van der Waals surface area contributed by atoms with E-state index in [-0.39, 0.29) is 5.91 Å². The molecular weight excluding hydrogens is 224 g/mol. The Hall–Kier alpha value is -0.570. The summed E-state index contributed by atoms with van der Waals surface area (Å²) in [5, 5.41) is 3.65. The smallest absolute Gasteiger partial charge is 0.217 e. The molecule has 0 aromatic heterocycles. The maximum atomic E-state index is 10.6. The number of carbonyl (C=O) groups is 1. The van der Waals surface area contributed by atoms with Crippen molar-refractivity contribution in [1.82, 2.24) is 5.32 Å². The van der Waals surface area contributed by atoms with Crippen LogP contribution in [0.3, 0.4) is 0 Å². The second kappa shape index (κ2) is 6.05. The van der Waals surface area contributed by atoms with Gasteiger partial charge in [0.05, 0.1) is 0 Å². The molecule has 0 aliphatic heterocycles. The van der Waals surface area contributed by atoms with Crippen LogP contribution in [0.1, 0.15) is 66.2 Å². The Morgan fingerprint density at radius 1 is 1.17 bits per heavy atom. The summed E-state index contributed by atoms with van der Waals surface area (Å²) in [7, 11) is 0. The highest BCUT2D eigenvalue weighted by Gasteiger charge is 2.37. The Balaban J connectivity index is 2.27. The lowest BCUT2D eigenvalue weighted by Gasteiger charge is -2.45. The largest absolute Gasteiger partial charge is 0.370 e. The molecule has 106 valence electrons. The van der Waals surface area contributed by atoms with Gasteiger partial charge in [-0.1, -0.05) is 27.7 Å². The highest BCUT2D eigenvalue weighted by molar-refractivity contribution is 5.73. The van der Waals surface area contributed by atoms with Crippen molar-refractivity contribution in [3.8, 4) is 0 Å². The monoisotopic (exact) mass is 254 g/mol. The second-order valence-corrected chi connectivity index (χ2v) is 7.49. The van der Waals surface area contributed by atoms with Gasteiger partial charge in [-0.15, -0.1) is 0 Å². The summed E-state index contributed by atoms with van der Waals surface area (Å²) >= 11 is 0. The van der Waals surface area contributed by atoms with Crippen LogP contribution in [0, 0.1) is 10.8 Å². The summed E-state index contributed by atoms with van der Waals surface area (Å²) in [4.78, 5) is 10.6. The summed E-state index contributed by atoms with van der Waals surface area (Å²) in [5.74, 6) is -0.185. The summed E-state index contributed by atoms with van der Waals surface area (Å²) in [5.41, 5.74) is 6.00. The molecule has 1 aliphatic rings. The van der Waals surface area contributed by atoms with Gasteiger partial charge in [0.1, 0.15) is 0 Å². The molecule has 1 fully saturated rings. The molecule has 0 aromatic carbocycles. The Kier molecular flexibility index (Phi) is 5.20. The predicted octanol–water partition coefficient (Wildman–Crippen LogP) is 2.84. The van der Waals surface area contributed by atoms with Gasteiger partial charge in [-0.2, -0.15) is 0 Å². The van der Waals surface area contributed by atoms with Gasteiger partial charge in [-0.25, -0.2) is 0 Å². The van der Waals surface area contributed by atoms with Gasteiger partial charge in [-0.3, -0.25) is 4.79 Å². The quantitative estimate of drug-likeness (QED) is 0.716. The van der Waals surface area contributed by atoms with Crippen LogP contribution in [0.2, 0.25) is 0 Å². The lowest BCUT2D eigenvalue weighted by Crippen LogP contribution is -2.44. The maximum absolute atomic E-state index is 10.6. The zero-order chi connectivity index (χ0) is 13.8. The number of hydrogen-bond acceptors (Lipinski definition) is 2. The molecule has 0 bridgehead atoms. The molecule has 0 saturated heterocycles. The van der Waals surface area contributed by atoms with E-state index in [0.717, 1.165) is 19.4 Å². The molecule has 0 heterocycles. The molecule has 3 nitrogen and oxygen atoms in total. The van der Waals surface area contributed by atoms with E-state index in [4.69, 9.17) is 5.73 Å². The molecule has 0 atom stereocenters. The van der Waals surface area contributed by atoms with E-state index in [1.807, 2.05) is 0 Å². The van der Waals surface area contributed by atoms with Crippen molar-refractivity contribution in [2.45, 2.75) is 72.3 Å². The minimum Gasteiger partial charge on any atom is -0.370 e. The number of carbonyl (C=O) groups excluding carboxylic acids is 1. The average molecular weight is 254 g/mol. The highest BCUT2D eigenvalue weighted by atomic mass is 16.1. The Labute approximate surface area is 112 Å². The van der Waals surface area contributed by atoms with E-state index in [2.05, 4.69) is 33.0 Å². The average Bonchev–Trinajstić information content (AvgIpc) is 2.11. The van der Waals surface area contributed by atoms with Gasteiger partial charge in [-0.05, 0) is 49.5 Å². The predicted molar refractivity (Wildman–Crippen MR) is 76.2 cm³/mol. The maximum Gasteiger partial charge on any atom is 0.217 e. The molecule has 0 spiro atoms. The van der Waals surface area contributed by atoms with Crippen LogP contribution >= 0.6 is 0 Å². The lowest BCUT2D eigenvalue weighted by molar-refractivity contribution is -0.118. The van der Waals surface area contributed by atoms with Crippen LogP contribution in [-0.2, 0) is 4.79 Å². The molecule has 1 rings (SSSR count). The third-order valence-electron chi connectivity index (χ3n) is 3.84. The van der Waals surface area contributed by atoms with Crippen LogP contribution in [-0.4, -0.2) is 18.5 Å². The number of nitrogens with one attached hydrogen (secondary N) is 1. The zero-order valence-electron chi connectivity index (χ0n) is 12.5. The fraction of sp³-hybridized carbons (Fsp3) is 0.933. The van der Waals surface area contributed by atoms with Crippen molar-refractivity contribution >= 4 is 5.91 Å². The van der Waals surface area contributed by atoms with Crippen molar-refractivity contribution in [1.29, 1.82) is 0 Å². The van der Waals surface area contributed by atoms with Gasteiger partial charge >= 0.3 is 0 Å². The zero-order valence-corrected chi connectivity index (χ0v) is 12.5. The van der Waals surface area contributed by atoms with Crippen LogP contribution < -0.4 is 11.1 Å². The first kappa shape index (κ1) is 15.5. The van der Waals surface area contributed by atoms with Crippen molar-refractivity contribution in [3.63, 3.8) is 0 Å². The third kappa shape index (κ3) is 5.85. The third-order valence-corrected chi connectivity index (χ3v) is 3.84. The molecule has 0 radical (unpaired) electrons. The van der Waals surface area contributed by atoms with Gasteiger partial charge in [0, 0.05) is 12.5 Å². The topological polar surface area (TPSA) is 55.1 Å². The fourth-order valence-corrected chi connectivity index (χ4v) is 3.72. The second-order valence-electron chi connectivity index (χ2n) is 7.49. The molecule has 3 N–H and O–H groups in total. The summed E-state index contributed by atoms with van der Waals surface area (Å²) < 4.78 is 0. The first-order valence-corrected chi connectivity index (χ1v) is 7.22. The van der Waals surface area contributed by atoms with Crippen LogP contribution in [0.5, 0.6) is 0 Å². The first-order chi connectivity index (χ1) is 8.20. The normalized spacial score (nSPS) is 22.9. The number of unbranched alkanes of at least 4 members (excludes halogenated alkanes) is 1. The highest BCUT2D eigenvalue weighted by Crippen LogP contribution is 2.45. The standard InChI is InChI=1S/C15H30N2O/c1-14(2)9-12(10-15(3,4)11-14)17-8-6-5-7-13(16)18/h12,17H,5-11H2,1-4H3,(H2,16,18). The van der Waals surface area contributed by atoms with Gasteiger partial charge in [0.25, 0.3) is 0 Å². The molecule has 1 amide bonds. The van der Waals surface area contributed by atoms with E-state index >= 15 is 0 Å². The van der Waals surface area contributed by atoms with E-state index in [9.17, 15) is 4.79 Å². The van der Waals surface area contributed by atoms with Crippen molar-refractivity contribution < 1.29 is 4.79 Å². The fourth-order valence-electron chi connectivity index (χ4n) is 3.72. The Morgan fingerprint density at radius 2 is 1.72 bits per heavy atom. The van der Waals surface area contributed by atoms with Gasteiger partial charge < -0.3 is 11.1 Å². The molecule has 1 saturated carbocycles. The summed E-state index contributed by atoms with van der Waals surface area (Å²) in [6.45, 7) is 10.5. The number of nitrogens with two attached hydrogens (primary N) is 1. The van der Waals surface area contributed by atoms with E-state index in [1.54, 1.807) is 0 Å². The Morgan fingerprint density at radius 3 is 2.22 bits per heavy atom. The summed E-state index contributed by atoms with van der Waals surface area (Å²) in [6.07, 6.45) is 6.28. The lowest BCUT2D eigenvalue weighted by atomic mass is 9.63. The molecule has 18 heavy (non-hydrogen) atoms. The van der Waals surface area contributed by atoms with Crippen molar-refractivity contribution in [3.05, 3.63) is 0 Å². The van der Waals surface area contributed by atoms with E-state index in [0.29, 0.717) is 23.3 Å². The molecular formula is C15H30N2O. The van der Waals surface area contributed by atoms with Crippen LogP contribution in [0.15, 0.2) is 0 Å². The minimum absolute atomic E-state index is 0.185. The van der Waals surface area contributed by atoms with Gasteiger partial charge in [0.2, 0.25) is 5.91 Å².